The van der Waals surface area contributed by atoms with Crippen LogP contribution in [0.15, 0.2) is 59.4 Å². The van der Waals surface area contributed by atoms with Gasteiger partial charge in [0.1, 0.15) is 11.4 Å². The number of H-pyrrole nitrogens is 1. The monoisotopic (exact) mass is 545 g/mol. The first kappa shape index (κ1) is 25.1. The molecule has 0 bridgehead atoms. The van der Waals surface area contributed by atoms with Crippen LogP contribution in [0.1, 0.15) is 36.9 Å². The number of benzene rings is 3. The summed E-state index contributed by atoms with van der Waals surface area (Å²) in [5.74, 6) is -0.140. The smallest absolute Gasteiger partial charge is 0.381 e. The third-order valence-electron chi connectivity index (χ3n) is 7.38. The molecule has 8 nitrogen and oxygen atoms in total. The number of fused-ring (bicyclic) bond motifs is 4. The zero-order chi connectivity index (χ0) is 27.3. The largest absolute Gasteiger partial charge is 0.488 e. The van der Waals surface area contributed by atoms with Crippen LogP contribution in [0.3, 0.4) is 0 Å². The third kappa shape index (κ3) is 4.43. The Morgan fingerprint density at radius 3 is 2.64 bits per heavy atom. The first-order valence-electron chi connectivity index (χ1n) is 12.7. The van der Waals surface area contributed by atoms with Crippen molar-refractivity contribution in [1.29, 1.82) is 5.26 Å². The first-order valence-corrected chi connectivity index (χ1v) is 14.0. The summed E-state index contributed by atoms with van der Waals surface area (Å²) >= 11 is 0. The van der Waals surface area contributed by atoms with Crippen LogP contribution < -0.4 is 9.61 Å². The lowest BCUT2D eigenvalue weighted by atomic mass is 9.94. The molecule has 5 aromatic rings. The molecule has 10 heteroatoms. The standard InChI is InChI=1S/C29H24FN3O5S/c1-2-18-14-24-26(15-23(18)19-4-3-5-21(13-19)38-39(30,35)36)33(20-8-10-37-11-9-20)29-27(28(24)34)22-7-6-17(16-31)12-25(22)32-29/h3-7,12-15,20,32H,2,8-11H2,1H3. The zero-order valence-electron chi connectivity index (χ0n) is 21.0. The van der Waals surface area contributed by atoms with Gasteiger partial charge >= 0.3 is 10.5 Å². The van der Waals surface area contributed by atoms with Crippen molar-refractivity contribution in [2.45, 2.75) is 32.2 Å². The summed E-state index contributed by atoms with van der Waals surface area (Å²) in [7, 11) is -5.18. The molecule has 198 valence electrons. The molecule has 1 fully saturated rings. The number of nitrogens with one attached hydrogen (secondary N) is 1. The SMILES string of the molecule is CCc1cc2c(=O)c3c4ccc(C#N)cc4[nH]c3n(C3CCOCC3)c2cc1-c1cccc(OS(=O)(=O)F)c1. The van der Waals surface area contributed by atoms with E-state index in [0.717, 1.165) is 34.9 Å². The van der Waals surface area contributed by atoms with Gasteiger partial charge in [0.2, 0.25) is 0 Å². The van der Waals surface area contributed by atoms with Crippen molar-refractivity contribution in [3.63, 3.8) is 0 Å². The van der Waals surface area contributed by atoms with Crippen molar-refractivity contribution in [2.75, 3.05) is 13.2 Å². The molecule has 1 aliphatic heterocycles. The molecular weight excluding hydrogens is 521 g/mol. The number of nitriles is 1. The molecule has 0 saturated carbocycles. The van der Waals surface area contributed by atoms with Crippen molar-refractivity contribution in [2.24, 2.45) is 0 Å². The van der Waals surface area contributed by atoms with Crippen molar-refractivity contribution in [3.8, 4) is 22.9 Å². The van der Waals surface area contributed by atoms with E-state index < -0.39 is 10.5 Å². The highest BCUT2D eigenvalue weighted by Gasteiger charge is 2.24. The number of aryl methyl sites for hydroxylation is 1. The summed E-state index contributed by atoms with van der Waals surface area (Å²) in [6.45, 7) is 3.16. The summed E-state index contributed by atoms with van der Waals surface area (Å²) in [5, 5.41) is 11.3. The summed E-state index contributed by atoms with van der Waals surface area (Å²) in [6, 6.07) is 17.6. The molecule has 0 aliphatic carbocycles. The molecular formula is C29H24FN3O5S. The molecule has 39 heavy (non-hydrogen) atoms. The van der Waals surface area contributed by atoms with Crippen LogP contribution in [0.5, 0.6) is 5.75 Å². The van der Waals surface area contributed by atoms with E-state index in [1.165, 1.54) is 12.1 Å². The van der Waals surface area contributed by atoms with Gasteiger partial charge < -0.3 is 18.5 Å². The molecule has 0 unspecified atom stereocenters. The maximum Gasteiger partial charge on any atom is 0.488 e. The maximum absolute atomic E-state index is 14.0. The van der Waals surface area contributed by atoms with E-state index in [4.69, 9.17) is 4.74 Å². The van der Waals surface area contributed by atoms with Crippen molar-refractivity contribution >= 4 is 43.3 Å². The van der Waals surface area contributed by atoms with E-state index in [2.05, 4.69) is 19.8 Å². The van der Waals surface area contributed by atoms with Crippen molar-refractivity contribution in [1.82, 2.24) is 9.55 Å². The quantitative estimate of drug-likeness (QED) is 0.284. The van der Waals surface area contributed by atoms with Crippen LogP contribution >= 0.6 is 0 Å². The molecule has 3 aromatic carbocycles. The summed E-state index contributed by atoms with van der Waals surface area (Å²) in [6.07, 6.45) is 2.12. The molecule has 0 spiro atoms. The fraction of sp³-hybridized carbons (Fsp3) is 0.241. The average Bonchev–Trinajstić information content (AvgIpc) is 3.31. The minimum absolute atomic E-state index is 0.0551. The number of rotatable bonds is 5. The second-order valence-corrected chi connectivity index (χ2v) is 10.6. The predicted molar refractivity (Wildman–Crippen MR) is 147 cm³/mol. The fourth-order valence-corrected chi connectivity index (χ4v) is 5.98. The van der Waals surface area contributed by atoms with Crippen LogP contribution in [-0.2, 0) is 21.7 Å². The van der Waals surface area contributed by atoms with E-state index in [1.54, 1.807) is 24.3 Å². The van der Waals surface area contributed by atoms with Gasteiger partial charge in [-0.25, -0.2) is 0 Å². The van der Waals surface area contributed by atoms with Crippen LogP contribution in [0.4, 0.5) is 3.89 Å². The van der Waals surface area contributed by atoms with E-state index in [9.17, 15) is 22.4 Å². The molecule has 1 saturated heterocycles. The fourth-order valence-electron chi connectivity index (χ4n) is 5.65. The minimum Gasteiger partial charge on any atom is -0.381 e. The highest BCUT2D eigenvalue weighted by molar-refractivity contribution is 7.81. The second kappa shape index (κ2) is 9.52. The Morgan fingerprint density at radius 2 is 1.92 bits per heavy atom. The molecule has 2 aromatic heterocycles. The van der Waals surface area contributed by atoms with E-state index in [-0.39, 0.29) is 17.2 Å². The zero-order valence-corrected chi connectivity index (χ0v) is 21.8. The summed E-state index contributed by atoms with van der Waals surface area (Å²) in [5.41, 5.74) is 4.81. The van der Waals surface area contributed by atoms with Gasteiger partial charge in [0.15, 0.2) is 5.43 Å². The van der Waals surface area contributed by atoms with Gasteiger partial charge in [-0.05, 0) is 72.4 Å². The number of hydrogen-bond donors (Lipinski definition) is 1. The van der Waals surface area contributed by atoms with Crippen LogP contribution in [0, 0.1) is 11.3 Å². The lowest BCUT2D eigenvalue weighted by molar-refractivity contribution is 0.0715. The van der Waals surface area contributed by atoms with Gasteiger partial charge in [0.05, 0.1) is 22.5 Å². The van der Waals surface area contributed by atoms with Crippen LogP contribution in [0.25, 0.3) is 44.0 Å². The van der Waals surface area contributed by atoms with E-state index >= 15 is 0 Å². The lowest BCUT2D eigenvalue weighted by Gasteiger charge is -2.28. The molecule has 0 radical (unpaired) electrons. The minimum atomic E-state index is -5.18. The number of nitrogens with zero attached hydrogens (tertiary/aromatic N) is 2. The Bertz CT molecular complexity index is 1980. The van der Waals surface area contributed by atoms with Gasteiger partial charge in [-0.15, -0.1) is 0 Å². The number of ether oxygens (including phenoxy) is 1. The molecule has 6 rings (SSSR count). The molecule has 0 atom stereocenters. The predicted octanol–water partition coefficient (Wildman–Crippen LogP) is 5.68. The van der Waals surface area contributed by atoms with Gasteiger partial charge in [0, 0.05) is 35.5 Å². The Morgan fingerprint density at radius 1 is 1.13 bits per heavy atom. The Kier molecular flexibility index (Phi) is 6.13. The van der Waals surface area contributed by atoms with Crippen molar-refractivity contribution in [3.05, 3.63) is 75.9 Å². The van der Waals surface area contributed by atoms with E-state index in [0.29, 0.717) is 52.7 Å². The average molecular weight is 546 g/mol. The Balaban J connectivity index is 1.69. The lowest BCUT2D eigenvalue weighted by Crippen LogP contribution is -2.22. The number of halogens is 1. The van der Waals surface area contributed by atoms with E-state index in [1.807, 2.05) is 25.1 Å². The summed E-state index contributed by atoms with van der Waals surface area (Å²) < 4.78 is 47.7. The molecule has 1 aliphatic rings. The second-order valence-electron chi connectivity index (χ2n) is 9.65. The Hall–Kier alpha value is -4.20. The Labute approximate surface area is 223 Å². The first-order chi connectivity index (χ1) is 18.8. The molecule has 1 N–H and O–H groups in total. The van der Waals surface area contributed by atoms with Crippen LogP contribution in [-0.4, -0.2) is 31.2 Å². The van der Waals surface area contributed by atoms with Crippen molar-refractivity contribution < 1.29 is 21.2 Å². The number of aromatic amines is 1. The van der Waals surface area contributed by atoms with Gasteiger partial charge in [-0.3, -0.25) is 4.79 Å². The number of pyridine rings is 1. The maximum atomic E-state index is 14.0. The number of aromatic nitrogens is 2. The van der Waals surface area contributed by atoms with Gasteiger partial charge in [-0.1, -0.05) is 29.0 Å². The molecule has 0 amide bonds. The summed E-state index contributed by atoms with van der Waals surface area (Å²) in [4.78, 5) is 17.4. The highest BCUT2D eigenvalue weighted by atomic mass is 32.3. The topological polar surface area (TPSA) is 114 Å². The molecule has 3 heterocycles. The number of hydrogen-bond acceptors (Lipinski definition) is 6. The van der Waals surface area contributed by atoms with Gasteiger partial charge in [0.25, 0.3) is 0 Å². The third-order valence-corrected chi connectivity index (χ3v) is 7.77. The van der Waals surface area contributed by atoms with Gasteiger partial charge in [-0.2, -0.15) is 13.7 Å². The highest BCUT2D eigenvalue weighted by Crippen LogP contribution is 2.36. The van der Waals surface area contributed by atoms with Crippen LogP contribution in [0.2, 0.25) is 0 Å². The normalized spacial score (nSPS) is 14.7.